The van der Waals surface area contributed by atoms with Gasteiger partial charge in [0.1, 0.15) is 5.75 Å². The molecule has 11 nitrogen and oxygen atoms in total. The van der Waals surface area contributed by atoms with E-state index in [9.17, 15) is 18.0 Å². The molecule has 40 heavy (non-hydrogen) atoms. The summed E-state index contributed by atoms with van der Waals surface area (Å²) in [5.74, 6) is 0.397. The maximum atomic E-state index is 13.8. The fourth-order valence-corrected chi connectivity index (χ4v) is 7.15. The molecule has 3 heterocycles. The number of hydrogen-bond acceptors (Lipinski definition) is 9. The van der Waals surface area contributed by atoms with Crippen molar-refractivity contribution in [1.82, 2.24) is 14.2 Å². The molecule has 0 saturated carbocycles. The third-order valence-corrected chi connectivity index (χ3v) is 9.95. The summed E-state index contributed by atoms with van der Waals surface area (Å²) in [6.45, 7) is 3.83. The molecular weight excluding hydrogens is 556 g/mol. The molecule has 2 saturated heterocycles. The number of ether oxygens (including phenoxy) is 3. The van der Waals surface area contributed by atoms with Crippen LogP contribution in [-0.2, 0) is 19.5 Å². The van der Waals surface area contributed by atoms with Crippen LogP contribution < -0.4 is 9.64 Å². The van der Waals surface area contributed by atoms with Gasteiger partial charge in [-0.25, -0.2) is 18.2 Å². The van der Waals surface area contributed by atoms with E-state index in [2.05, 4.69) is 0 Å². The number of piperazine rings is 1. The number of anilines is 1. The van der Waals surface area contributed by atoms with Crippen LogP contribution in [-0.4, -0.2) is 93.8 Å². The highest BCUT2D eigenvalue weighted by Crippen LogP contribution is 2.33. The van der Waals surface area contributed by atoms with Crippen LogP contribution in [0.2, 0.25) is 0 Å². The standard InChI is InChI=1S/C27H32N4O7S2/c1-3-37-27(33)29-12-14-30(15-13-29)40(34,35)22-9-6-19(7-10-22)25(32)31(18-21-5-4-16-38-21)26-28-23-17-20(36-2)8-11-24(23)39-26/h6-11,17,21H,3-5,12-16,18H2,1-2H3. The number of benzene rings is 2. The van der Waals surface area contributed by atoms with Gasteiger partial charge in [0, 0.05) is 44.4 Å². The van der Waals surface area contributed by atoms with Gasteiger partial charge in [-0.05, 0) is 56.2 Å². The first-order valence-electron chi connectivity index (χ1n) is 13.2. The molecule has 0 N–H and O–H groups in total. The SMILES string of the molecule is CCOC(=O)N1CCN(S(=O)(=O)c2ccc(C(=O)N(CC3CCCO3)c3nc4cc(OC)ccc4s3)cc2)CC1. The molecule has 2 aliphatic rings. The van der Waals surface area contributed by atoms with E-state index in [0.717, 1.165) is 23.1 Å². The van der Waals surface area contributed by atoms with Gasteiger partial charge >= 0.3 is 6.09 Å². The van der Waals surface area contributed by atoms with E-state index in [-0.39, 0.29) is 49.7 Å². The Labute approximate surface area is 237 Å². The normalized spacial score (nSPS) is 18.1. The average molecular weight is 589 g/mol. The molecule has 2 aliphatic heterocycles. The van der Waals surface area contributed by atoms with Crippen LogP contribution >= 0.6 is 11.3 Å². The Morgan fingerprint density at radius 1 is 1.12 bits per heavy atom. The number of fused-ring (bicyclic) bond motifs is 1. The van der Waals surface area contributed by atoms with E-state index in [1.807, 2.05) is 18.2 Å². The van der Waals surface area contributed by atoms with Gasteiger partial charge in [-0.15, -0.1) is 0 Å². The summed E-state index contributed by atoms with van der Waals surface area (Å²) < 4.78 is 44.9. The molecule has 214 valence electrons. The lowest BCUT2D eigenvalue weighted by atomic mass is 10.2. The summed E-state index contributed by atoms with van der Waals surface area (Å²) >= 11 is 1.41. The lowest BCUT2D eigenvalue weighted by Gasteiger charge is -2.33. The highest BCUT2D eigenvalue weighted by molar-refractivity contribution is 7.89. The molecule has 2 amide bonds. The van der Waals surface area contributed by atoms with Crippen LogP contribution in [0.3, 0.4) is 0 Å². The second-order valence-electron chi connectivity index (χ2n) is 9.50. The Morgan fingerprint density at radius 3 is 2.52 bits per heavy atom. The van der Waals surface area contributed by atoms with E-state index in [1.165, 1.54) is 44.8 Å². The molecule has 2 fully saturated rings. The summed E-state index contributed by atoms with van der Waals surface area (Å²) in [5.41, 5.74) is 1.08. The second kappa shape index (κ2) is 12.1. The molecule has 0 radical (unpaired) electrons. The van der Waals surface area contributed by atoms with Gasteiger partial charge < -0.3 is 19.1 Å². The highest BCUT2D eigenvalue weighted by Gasteiger charge is 2.32. The number of carbonyl (C=O) groups excluding carboxylic acids is 2. The van der Waals surface area contributed by atoms with E-state index < -0.39 is 16.1 Å². The van der Waals surface area contributed by atoms with Crippen LogP contribution in [0.1, 0.15) is 30.1 Å². The van der Waals surface area contributed by atoms with Gasteiger partial charge in [0.25, 0.3) is 5.91 Å². The van der Waals surface area contributed by atoms with Crippen molar-refractivity contribution < 1.29 is 32.2 Å². The van der Waals surface area contributed by atoms with Crippen molar-refractivity contribution in [2.75, 3.05) is 57.9 Å². The number of methoxy groups -OCH3 is 1. The Balaban J connectivity index is 1.34. The molecule has 0 bridgehead atoms. The molecule has 1 unspecified atom stereocenters. The van der Waals surface area contributed by atoms with Crippen LogP contribution in [0.5, 0.6) is 5.75 Å². The summed E-state index contributed by atoms with van der Waals surface area (Å²) in [6.07, 6.45) is 1.24. The lowest BCUT2D eigenvalue weighted by Crippen LogP contribution is -2.50. The van der Waals surface area contributed by atoms with Crippen molar-refractivity contribution in [2.24, 2.45) is 0 Å². The number of nitrogens with zero attached hydrogens (tertiary/aromatic N) is 4. The van der Waals surface area contributed by atoms with Gasteiger partial charge in [0.15, 0.2) is 5.13 Å². The van der Waals surface area contributed by atoms with Gasteiger partial charge in [0.2, 0.25) is 10.0 Å². The van der Waals surface area contributed by atoms with Crippen LogP contribution in [0.4, 0.5) is 9.93 Å². The second-order valence-corrected chi connectivity index (χ2v) is 12.4. The van der Waals surface area contributed by atoms with Gasteiger partial charge in [0.05, 0.1) is 41.5 Å². The van der Waals surface area contributed by atoms with Crippen molar-refractivity contribution in [2.45, 2.75) is 30.8 Å². The average Bonchev–Trinajstić information content (AvgIpc) is 3.65. The maximum Gasteiger partial charge on any atom is 0.409 e. The Kier molecular flexibility index (Phi) is 8.54. The van der Waals surface area contributed by atoms with Crippen molar-refractivity contribution in [1.29, 1.82) is 0 Å². The fraction of sp³-hybridized carbons (Fsp3) is 0.444. The topological polar surface area (TPSA) is 119 Å². The smallest absolute Gasteiger partial charge is 0.409 e. The highest BCUT2D eigenvalue weighted by atomic mass is 32.2. The molecule has 5 rings (SSSR count). The van der Waals surface area contributed by atoms with Crippen molar-refractivity contribution >= 4 is 48.7 Å². The summed E-state index contributed by atoms with van der Waals surface area (Å²) in [7, 11) is -2.20. The van der Waals surface area contributed by atoms with Crippen molar-refractivity contribution in [3.05, 3.63) is 48.0 Å². The van der Waals surface area contributed by atoms with E-state index in [1.54, 1.807) is 18.9 Å². The zero-order chi connectivity index (χ0) is 28.3. The zero-order valence-corrected chi connectivity index (χ0v) is 24.1. The predicted octanol–water partition coefficient (Wildman–Crippen LogP) is 3.59. The molecule has 0 aliphatic carbocycles. The first-order chi connectivity index (χ1) is 19.3. The molecule has 2 aromatic carbocycles. The maximum absolute atomic E-state index is 13.8. The molecular formula is C27H32N4O7S2. The minimum Gasteiger partial charge on any atom is -0.497 e. The minimum absolute atomic E-state index is 0.0893. The van der Waals surface area contributed by atoms with Gasteiger partial charge in [-0.3, -0.25) is 9.69 Å². The molecule has 1 atom stereocenters. The van der Waals surface area contributed by atoms with Crippen LogP contribution in [0.15, 0.2) is 47.4 Å². The quantitative estimate of drug-likeness (QED) is 0.392. The first kappa shape index (κ1) is 28.3. The number of thiazole rings is 1. The zero-order valence-electron chi connectivity index (χ0n) is 22.4. The summed E-state index contributed by atoms with van der Waals surface area (Å²) in [6, 6.07) is 11.6. The Bertz CT molecular complexity index is 1460. The third kappa shape index (κ3) is 5.92. The fourth-order valence-electron chi connectivity index (χ4n) is 4.78. The Morgan fingerprint density at radius 2 is 1.88 bits per heavy atom. The number of carbonyl (C=O) groups is 2. The first-order valence-corrected chi connectivity index (χ1v) is 15.5. The van der Waals surface area contributed by atoms with Gasteiger partial charge in [-0.1, -0.05) is 11.3 Å². The largest absolute Gasteiger partial charge is 0.497 e. The lowest BCUT2D eigenvalue weighted by molar-refractivity contribution is 0.0916. The number of hydrogen-bond donors (Lipinski definition) is 0. The van der Waals surface area contributed by atoms with E-state index >= 15 is 0 Å². The molecule has 13 heteroatoms. The van der Waals surface area contributed by atoms with Crippen LogP contribution in [0, 0.1) is 0 Å². The molecule has 3 aromatic rings. The predicted molar refractivity (Wildman–Crippen MR) is 151 cm³/mol. The third-order valence-electron chi connectivity index (χ3n) is 6.97. The summed E-state index contributed by atoms with van der Waals surface area (Å²) in [5, 5.41) is 0.542. The number of amides is 2. The minimum atomic E-state index is -3.79. The monoisotopic (exact) mass is 588 g/mol. The number of aromatic nitrogens is 1. The van der Waals surface area contributed by atoms with Gasteiger partial charge in [-0.2, -0.15) is 4.31 Å². The van der Waals surface area contributed by atoms with Crippen molar-refractivity contribution in [3.8, 4) is 5.75 Å². The number of sulfonamides is 1. The summed E-state index contributed by atoms with van der Waals surface area (Å²) in [4.78, 5) is 33.6. The molecule has 1 aromatic heterocycles. The molecule has 0 spiro atoms. The van der Waals surface area contributed by atoms with E-state index in [0.29, 0.717) is 29.6 Å². The van der Waals surface area contributed by atoms with E-state index in [4.69, 9.17) is 19.2 Å². The Hall–Kier alpha value is -3.26. The van der Waals surface area contributed by atoms with Crippen LogP contribution in [0.25, 0.3) is 10.2 Å². The van der Waals surface area contributed by atoms with Crippen molar-refractivity contribution in [3.63, 3.8) is 0 Å². The number of rotatable bonds is 8.